The molecule has 3 heteroatoms. The largest absolute Gasteiger partial charge is 0.341 e. The van der Waals surface area contributed by atoms with E-state index in [1.54, 1.807) is 0 Å². The van der Waals surface area contributed by atoms with Crippen LogP contribution in [0.2, 0.25) is 0 Å². The second-order valence-electron chi connectivity index (χ2n) is 5.40. The van der Waals surface area contributed by atoms with Gasteiger partial charge in [0.15, 0.2) is 0 Å². The van der Waals surface area contributed by atoms with Gasteiger partial charge >= 0.3 is 0 Å². The number of hydrogen-bond donors (Lipinski definition) is 1. The zero-order chi connectivity index (χ0) is 11.6. The van der Waals surface area contributed by atoms with Gasteiger partial charge in [0.25, 0.3) is 0 Å². The molecule has 1 heterocycles. The summed E-state index contributed by atoms with van der Waals surface area (Å²) in [5.41, 5.74) is 6.00. The molecule has 0 bridgehead atoms. The van der Waals surface area contributed by atoms with E-state index in [1.165, 1.54) is 0 Å². The van der Waals surface area contributed by atoms with Crippen molar-refractivity contribution in [3.63, 3.8) is 0 Å². The number of carbonyl (C=O) groups excluding carboxylic acids is 1. The summed E-state index contributed by atoms with van der Waals surface area (Å²) in [4.78, 5) is 13.8. The molecule has 2 unspecified atom stereocenters. The maximum Gasteiger partial charge on any atom is 0.225 e. The van der Waals surface area contributed by atoms with Crippen LogP contribution in [0.1, 0.15) is 34.1 Å². The normalized spacial score (nSPS) is 27.5. The molecule has 1 rings (SSSR count). The Morgan fingerprint density at radius 2 is 1.87 bits per heavy atom. The van der Waals surface area contributed by atoms with Gasteiger partial charge in [0, 0.05) is 25.0 Å². The van der Waals surface area contributed by atoms with E-state index in [0.717, 1.165) is 19.5 Å². The number of nitrogens with two attached hydrogens (primary N) is 1. The van der Waals surface area contributed by atoms with E-state index in [-0.39, 0.29) is 17.9 Å². The van der Waals surface area contributed by atoms with Crippen molar-refractivity contribution in [2.45, 2.75) is 40.2 Å². The molecule has 3 nitrogen and oxygen atoms in total. The van der Waals surface area contributed by atoms with E-state index in [9.17, 15) is 4.79 Å². The molecule has 88 valence electrons. The van der Waals surface area contributed by atoms with Gasteiger partial charge in [-0.25, -0.2) is 0 Å². The first-order chi connectivity index (χ1) is 6.91. The van der Waals surface area contributed by atoms with Crippen molar-refractivity contribution in [2.24, 2.45) is 23.5 Å². The van der Waals surface area contributed by atoms with Crippen LogP contribution in [0.15, 0.2) is 0 Å². The molecule has 2 N–H and O–H groups in total. The monoisotopic (exact) mass is 212 g/mol. The molecule has 0 aliphatic carbocycles. The predicted octanol–water partition coefficient (Wildman–Crippen LogP) is 1.47. The number of likely N-dealkylation sites (tertiary alicyclic amines) is 1. The van der Waals surface area contributed by atoms with Crippen LogP contribution in [0.25, 0.3) is 0 Å². The molecule has 0 aromatic heterocycles. The third kappa shape index (κ3) is 3.20. The molecular formula is C12H24N2O. The lowest BCUT2D eigenvalue weighted by molar-refractivity contribution is -0.137. The average Bonchev–Trinajstić information content (AvgIpc) is 2.15. The van der Waals surface area contributed by atoms with Gasteiger partial charge in [-0.3, -0.25) is 4.79 Å². The Balaban J connectivity index is 2.63. The van der Waals surface area contributed by atoms with Gasteiger partial charge in [-0.05, 0) is 18.3 Å². The van der Waals surface area contributed by atoms with Crippen molar-refractivity contribution >= 4 is 5.91 Å². The van der Waals surface area contributed by atoms with Crippen LogP contribution in [0.4, 0.5) is 0 Å². The first-order valence-electron chi connectivity index (χ1n) is 5.96. The average molecular weight is 212 g/mol. The van der Waals surface area contributed by atoms with E-state index in [0.29, 0.717) is 11.8 Å². The van der Waals surface area contributed by atoms with E-state index in [1.807, 2.05) is 18.7 Å². The summed E-state index contributed by atoms with van der Waals surface area (Å²) in [5.74, 6) is 1.51. The number of hydrogen-bond acceptors (Lipinski definition) is 2. The number of carbonyl (C=O) groups is 1. The zero-order valence-corrected chi connectivity index (χ0v) is 10.4. The Hall–Kier alpha value is -0.570. The fraction of sp³-hybridized carbons (Fsp3) is 0.917. The molecule has 1 aliphatic rings. The molecule has 1 saturated heterocycles. The summed E-state index contributed by atoms with van der Waals surface area (Å²) in [6.07, 6.45) is 1.06. The molecule has 2 atom stereocenters. The third-order valence-corrected chi connectivity index (χ3v) is 3.26. The molecule has 1 aliphatic heterocycles. The summed E-state index contributed by atoms with van der Waals surface area (Å²) in [7, 11) is 0. The van der Waals surface area contributed by atoms with Crippen molar-refractivity contribution in [1.29, 1.82) is 0 Å². The smallest absolute Gasteiger partial charge is 0.225 e. The Morgan fingerprint density at radius 1 is 1.27 bits per heavy atom. The SMILES string of the molecule is CC(C)C(=O)N1CC(N)CC(C(C)C)C1. The molecule has 0 radical (unpaired) electrons. The Morgan fingerprint density at radius 3 is 2.33 bits per heavy atom. The highest BCUT2D eigenvalue weighted by molar-refractivity contribution is 5.78. The predicted molar refractivity (Wildman–Crippen MR) is 62.3 cm³/mol. The number of rotatable bonds is 2. The topological polar surface area (TPSA) is 46.3 Å². The Kier molecular flexibility index (Phi) is 4.14. The zero-order valence-electron chi connectivity index (χ0n) is 10.4. The summed E-state index contributed by atoms with van der Waals surface area (Å²) in [6, 6.07) is 0.161. The van der Waals surface area contributed by atoms with Gasteiger partial charge in [0.05, 0.1) is 0 Å². The minimum absolute atomic E-state index is 0.0862. The minimum Gasteiger partial charge on any atom is -0.341 e. The highest BCUT2D eigenvalue weighted by Gasteiger charge is 2.30. The summed E-state index contributed by atoms with van der Waals surface area (Å²) >= 11 is 0. The Labute approximate surface area is 93.0 Å². The molecular weight excluding hydrogens is 188 g/mol. The lowest BCUT2D eigenvalue weighted by atomic mass is 9.85. The molecule has 0 aromatic carbocycles. The fourth-order valence-corrected chi connectivity index (χ4v) is 2.21. The number of piperidine rings is 1. The van der Waals surface area contributed by atoms with Gasteiger partial charge < -0.3 is 10.6 Å². The summed E-state index contributed by atoms with van der Waals surface area (Å²) in [5, 5.41) is 0. The molecule has 0 aromatic rings. The third-order valence-electron chi connectivity index (χ3n) is 3.26. The van der Waals surface area contributed by atoms with E-state index in [4.69, 9.17) is 5.73 Å². The molecule has 0 spiro atoms. The van der Waals surface area contributed by atoms with Crippen LogP contribution in [-0.4, -0.2) is 29.9 Å². The van der Waals surface area contributed by atoms with Crippen molar-refractivity contribution in [1.82, 2.24) is 4.90 Å². The summed E-state index contributed by atoms with van der Waals surface area (Å²) < 4.78 is 0. The van der Waals surface area contributed by atoms with Crippen molar-refractivity contribution in [3.8, 4) is 0 Å². The van der Waals surface area contributed by atoms with Gasteiger partial charge in [-0.15, -0.1) is 0 Å². The quantitative estimate of drug-likeness (QED) is 0.753. The van der Waals surface area contributed by atoms with Gasteiger partial charge in [0.1, 0.15) is 0 Å². The lowest BCUT2D eigenvalue weighted by Crippen LogP contribution is -2.51. The van der Waals surface area contributed by atoms with Crippen LogP contribution in [0.3, 0.4) is 0 Å². The Bertz CT molecular complexity index is 226. The highest BCUT2D eigenvalue weighted by atomic mass is 16.2. The first kappa shape index (κ1) is 12.5. The van der Waals surface area contributed by atoms with Crippen molar-refractivity contribution in [2.75, 3.05) is 13.1 Å². The van der Waals surface area contributed by atoms with E-state index in [2.05, 4.69) is 13.8 Å². The molecule has 0 saturated carbocycles. The van der Waals surface area contributed by atoms with Gasteiger partial charge in [0.2, 0.25) is 5.91 Å². The van der Waals surface area contributed by atoms with Crippen molar-refractivity contribution < 1.29 is 4.79 Å². The van der Waals surface area contributed by atoms with Crippen LogP contribution >= 0.6 is 0 Å². The van der Waals surface area contributed by atoms with Crippen LogP contribution in [0, 0.1) is 17.8 Å². The second kappa shape index (κ2) is 4.97. The van der Waals surface area contributed by atoms with Crippen LogP contribution < -0.4 is 5.73 Å². The van der Waals surface area contributed by atoms with Crippen LogP contribution in [-0.2, 0) is 4.79 Å². The van der Waals surface area contributed by atoms with E-state index < -0.39 is 0 Å². The second-order valence-corrected chi connectivity index (χ2v) is 5.40. The number of amides is 1. The standard InChI is InChI=1S/C12H24N2O/c1-8(2)10-5-11(13)7-14(6-10)12(15)9(3)4/h8-11H,5-7,13H2,1-4H3. The van der Waals surface area contributed by atoms with E-state index >= 15 is 0 Å². The minimum atomic E-state index is 0.0862. The molecule has 1 fully saturated rings. The van der Waals surface area contributed by atoms with Gasteiger partial charge in [-0.1, -0.05) is 27.7 Å². The fourth-order valence-electron chi connectivity index (χ4n) is 2.21. The highest BCUT2D eigenvalue weighted by Crippen LogP contribution is 2.23. The maximum atomic E-state index is 11.9. The molecule has 1 amide bonds. The summed E-state index contributed by atoms with van der Waals surface area (Å²) in [6.45, 7) is 9.95. The first-order valence-corrected chi connectivity index (χ1v) is 5.96. The van der Waals surface area contributed by atoms with Crippen molar-refractivity contribution in [3.05, 3.63) is 0 Å². The maximum absolute atomic E-state index is 11.9. The molecule has 15 heavy (non-hydrogen) atoms. The lowest BCUT2D eigenvalue weighted by Gasteiger charge is -2.38. The number of nitrogens with zero attached hydrogens (tertiary/aromatic N) is 1. The van der Waals surface area contributed by atoms with Gasteiger partial charge in [-0.2, -0.15) is 0 Å². The van der Waals surface area contributed by atoms with Crippen LogP contribution in [0.5, 0.6) is 0 Å².